The lowest BCUT2D eigenvalue weighted by Gasteiger charge is -2.34. The second-order valence-corrected chi connectivity index (χ2v) is 6.96. The predicted octanol–water partition coefficient (Wildman–Crippen LogP) is 3.28. The first-order chi connectivity index (χ1) is 13.0. The molecule has 5 heteroatoms. The fraction of sp³-hybridized carbons (Fsp3) is 0.364. The summed E-state index contributed by atoms with van der Waals surface area (Å²) in [4.78, 5) is 27.2. The summed E-state index contributed by atoms with van der Waals surface area (Å²) in [6.45, 7) is 5.15. The van der Waals surface area contributed by atoms with Crippen molar-refractivity contribution in [1.29, 1.82) is 0 Å². The van der Waals surface area contributed by atoms with Gasteiger partial charge in [0.15, 0.2) is 0 Å². The van der Waals surface area contributed by atoms with E-state index >= 15 is 0 Å². The van der Waals surface area contributed by atoms with Gasteiger partial charge in [0.25, 0.3) is 0 Å². The van der Waals surface area contributed by atoms with Crippen LogP contribution in [0, 0.1) is 0 Å². The first kappa shape index (κ1) is 19.0. The highest BCUT2D eigenvalue weighted by atomic mass is 16.5. The van der Waals surface area contributed by atoms with Gasteiger partial charge in [-0.25, -0.2) is 0 Å². The van der Waals surface area contributed by atoms with E-state index in [2.05, 4.69) is 5.32 Å². The fourth-order valence-corrected chi connectivity index (χ4v) is 3.46. The molecule has 2 aromatic carbocycles. The molecule has 0 bridgehead atoms. The van der Waals surface area contributed by atoms with Gasteiger partial charge >= 0.3 is 0 Å². The molecule has 2 amide bonds. The molecule has 1 aliphatic rings. The molecule has 0 spiro atoms. The van der Waals surface area contributed by atoms with Crippen LogP contribution in [-0.2, 0) is 22.7 Å². The molecule has 1 aliphatic heterocycles. The summed E-state index contributed by atoms with van der Waals surface area (Å²) in [5.41, 5.74) is 1.09. The van der Waals surface area contributed by atoms with Gasteiger partial charge in [-0.2, -0.15) is 0 Å². The van der Waals surface area contributed by atoms with Gasteiger partial charge in [0.1, 0.15) is 11.3 Å². The second kappa shape index (κ2) is 8.25. The van der Waals surface area contributed by atoms with E-state index < -0.39 is 5.54 Å². The van der Waals surface area contributed by atoms with Crippen molar-refractivity contribution in [3.05, 3.63) is 65.7 Å². The van der Waals surface area contributed by atoms with Crippen LogP contribution in [0.2, 0.25) is 0 Å². The van der Waals surface area contributed by atoms with E-state index in [1.165, 1.54) is 0 Å². The van der Waals surface area contributed by atoms with E-state index in [1.54, 1.807) is 4.90 Å². The highest BCUT2D eigenvalue weighted by Gasteiger charge is 2.47. The summed E-state index contributed by atoms with van der Waals surface area (Å²) in [6, 6.07) is 17.4. The van der Waals surface area contributed by atoms with Crippen LogP contribution in [0.3, 0.4) is 0 Å². The number of carbonyl (C=O) groups excluding carboxylic acids is 2. The number of likely N-dealkylation sites (tertiary alicyclic amines) is 1. The molecule has 3 rings (SSSR count). The van der Waals surface area contributed by atoms with Crippen molar-refractivity contribution >= 4 is 11.8 Å². The third kappa shape index (κ3) is 4.13. The molecule has 142 valence electrons. The Labute approximate surface area is 160 Å². The van der Waals surface area contributed by atoms with Crippen molar-refractivity contribution in [3.63, 3.8) is 0 Å². The van der Waals surface area contributed by atoms with E-state index in [9.17, 15) is 9.59 Å². The summed E-state index contributed by atoms with van der Waals surface area (Å²) in [5, 5.41) is 2.99. The van der Waals surface area contributed by atoms with E-state index in [1.807, 2.05) is 68.4 Å². The maximum Gasteiger partial charge on any atom is 0.245 e. The maximum atomic E-state index is 13.0. The highest BCUT2D eigenvalue weighted by molar-refractivity contribution is 5.94. The molecular formula is C22H26N2O3. The number of benzene rings is 2. The van der Waals surface area contributed by atoms with Gasteiger partial charge in [-0.3, -0.25) is 9.59 Å². The Morgan fingerprint density at radius 1 is 1.15 bits per heavy atom. The Balaban J connectivity index is 1.75. The van der Waals surface area contributed by atoms with Gasteiger partial charge in [-0.05, 0) is 31.9 Å². The Kier molecular flexibility index (Phi) is 5.79. The first-order valence-corrected chi connectivity index (χ1v) is 9.38. The molecule has 0 saturated carbocycles. The van der Waals surface area contributed by atoms with Crippen LogP contribution in [0.1, 0.15) is 37.8 Å². The van der Waals surface area contributed by atoms with E-state index in [-0.39, 0.29) is 11.8 Å². The van der Waals surface area contributed by atoms with Crippen LogP contribution in [-0.4, -0.2) is 28.9 Å². The summed E-state index contributed by atoms with van der Waals surface area (Å²) in [5.74, 6) is 0.636. The van der Waals surface area contributed by atoms with Gasteiger partial charge in [-0.1, -0.05) is 48.5 Å². The second-order valence-electron chi connectivity index (χ2n) is 6.96. The molecule has 1 atom stereocenters. The lowest BCUT2D eigenvalue weighted by atomic mass is 9.96. The van der Waals surface area contributed by atoms with Crippen LogP contribution in [0.15, 0.2) is 54.6 Å². The molecule has 1 unspecified atom stereocenters. The third-order valence-electron chi connectivity index (χ3n) is 5.11. The lowest BCUT2D eigenvalue weighted by Crippen LogP contribution is -2.53. The fourth-order valence-electron chi connectivity index (χ4n) is 3.46. The summed E-state index contributed by atoms with van der Waals surface area (Å²) in [7, 11) is 0. The minimum absolute atomic E-state index is 0.00124. The lowest BCUT2D eigenvalue weighted by molar-refractivity contribution is -0.141. The quantitative estimate of drug-likeness (QED) is 0.818. The summed E-state index contributed by atoms with van der Waals surface area (Å²) >= 11 is 0. The molecule has 0 aliphatic carbocycles. The molecule has 5 nitrogen and oxygen atoms in total. The average molecular weight is 366 g/mol. The van der Waals surface area contributed by atoms with Crippen LogP contribution in [0.25, 0.3) is 0 Å². The molecule has 0 aromatic heterocycles. The number of hydrogen-bond donors (Lipinski definition) is 1. The predicted molar refractivity (Wildman–Crippen MR) is 104 cm³/mol. The van der Waals surface area contributed by atoms with E-state index in [4.69, 9.17) is 4.74 Å². The largest absolute Gasteiger partial charge is 0.494 e. The van der Waals surface area contributed by atoms with Gasteiger partial charge < -0.3 is 15.0 Å². The normalized spacial score (nSPS) is 19.2. The number of amides is 2. The SMILES string of the molecule is CCOc1ccccc1CN1C(=O)CCC1(C)C(=O)NCc1ccccc1. The Morgan fingerprint density at radius 2 is 1.85 bits per heavy atom. The summed E-state index contributed by atoms with van der Waals surface area (Å²) in [6.07, 6.45) is 0.898. The molecule has 2 aromatic rings. The number of hydrogen-bond acceptors (Lipinski definition) is 3. The van der Waals surface area contributed by atoms with Crippen LogP contribution in [0.4, 0.5) is 0 Å². The number of para-hydroxylation sites is 1. The third-order valence-corrected chi connectivity index (χ3v) is 5.11. The Hall–Kier alpha value is -2.82. The monoisotopic (exact) mass is 366 g/mol. The van der Waals surface area contributed by atoms with Crippen molar-refractivity contribution in [2.45, 2.75) is 45.3 Å². The molecule has 1 saturated heterocycles. The number of rotatable bonds is 7. The number of nitrogens with zero attached hydrogens (tertiary/aromatic N) is 1. The molecule has 1 fully saturated rings. The zero-order valence-corrected chi connectivity index (χ0v) is 15.9. The van der Waals surface area contributed by atoms with Crippen molar-refractivity contribution < 1.29 is 14.3 Å². The Bertz CT molecular complexity index is 806. The van der Waals surface area contributed by atoms with Crippen molar-refractivity contribution in [2.24, 2.45) is 0 Å². The zero-order valence-electron chi connectivity index (χ0n) is 15.9. The molecular weight excluding hydrogens is 340 g/mol. The highest BCUT2D eigenvalue weighted by Crippen LogP contribution is 2.33. The van der Waals surface area contributed by atoms with Gasteiger partial charge in [0.2, 0.25) is 11.8 Å². The minimum atomic E-state index is -0.856. The average Bonchev–Trinajstić information content (AvgIpc) is 2.98. The number of nitrogens with one attached hydrogen (secondary N) is 1. The van der Waals surface area contributed by atoms with Gasteiger partial charge in [-0.15, -0.1) is 0 Å². The number of carbonyl (C=O) groups is 2. The molecule has 1 heterocycles. The molecule has 27 heavy (non-hydrogen) atoms. The van der Waals surface area contributed by atoms with Crippen LogP contribution < -0.4 is 10.1 Å². The van der Waals surface area contributed by atoms with Crippen LogP contribution in [0.5, 0.6) is 5.75 Å². The van der Waals surface area contributed by atoms with E-state index in [0.717, 1.165) is 16.9 Å². The Morgan fingerprint density at radius 3 is 2.59 bits per heavy atom. The molecule has 0 radical (unpaired) electrons. The zero-order chi connectivity index (χ0) is 19.3. The van der Waals surface area contributed by atoms with Crippen LogP contribution >= 0.6 is 0 Å². The van der Waals surface area contributed by atoms with Crippen molar-refractivity contribution in [3.8, 4) is 5.75 Å². The minimum Gasteiger partial charge on any atom is -0.494 e. The van der Waals surface area contributed by atoms with Gasteiger partial charge in [0.05, 0.1) is 13.2 Å². The smallest absolute Gasteiger partial charge is 0.245 e. The topological polar surface area (TPSA) is 58.6 Å². The van der Waals surface area contributed by atoms with E-state index in [0.29, 0.717) is 32.5 Å². The van der Waals surface area contributed by atoms with Gasteiger partial charge in [0, 0.05) is 18.5 Å². The van der Waals surface area contributed by atoms with Crippen molar-refractivity contribution in [2.75, 3.05) is 6.61 Å². The van der Waals surface area contributed by atoms with Crippen molar-refractivity contribution in [1.82, 2.24) is 10.2 Å². The standard InChI is InChI=1S/C22H26N2O3/c1-3-27-19-12-8-7-11-18(19)16-24-20(25)13-14-22(24,2)21(26)23-15-17-9-5-4-6-10-17/h4-12H,3,13-16H2,1-2H3,(H,23,26). The summed E-state index contributed by atoms with van der Waals surface area (Å²) < 4.78 is 5.68. The molecule has 1 N–H and O–H groups in total. The first-order valence-electron chi connectivity index (χ1n) is 9.38. The number of ether oxygens (including phenoxy) is 1. The maximum absolute atomic E-state index is 13.0.